The second kappa shape index (κ2) is 6.22. The molecule has 1 atom stereocenters. The van der Waals surface area contributed by atoms with E-state index in [1.165, 1.54) is 13.0 Å². The third-order valence-electron chi connectivity index (χ3n) is 2.30. The number of esters is 1. The normalized spacial score (nSPS) is 12.7. The van der Waals surface area contributed by atoms with E-state index in [1.54, 1.807) is 0 Å². The summed E-state index contributed by atoms with van der Waals surface area (Å²) < 4.78 is 17.9. The van der Waals surface area contributed by atoms with Crippen LogP contribution in [0.5, 0.6) is 0 Å². The van der Waals surface area contributed by atoms with E-state index in [1.807, 2.05) is 20.8 Å². The van der Waals surface area contributed by atoms with Crippen molar-refractivity contribution in [2.45, 2.75) is 39.3 Å². The van der Waals surface area contributed by atoms with Crippen molar-refractivity contribution in [1.82, 2.24) is 5.32 Å². The lowest BCUT2D eigenvalue weighted by Gasteiger charge is -2.23. The number of hydrogen-bond acceptors (Lipinski definition) is 3. The number of benzene rings is 1. The first-order chi connectivity index (χ1) is 9.10. The van der Waals surface area contributed by atoms with Gasteiger partial charge in [-0.25, -0.2) is 9.18 Å². The van der Waals surface area contributed by atoms with Gasteiger partial charge in [0, 0.05) is 5.54 Å². The molecule has 0 spiro atoms. The Bertz CT molecular complexity index is 526. The van der Waals surface area contributed by atoms with Crippen molar-refractivity contribution in [2.75, 3.05) is 0 Å². The monoisotopic (exact) mass is 301 g/mol. The van der Waals surface area contributed by atoms with Crippen molar-refractivity contribution < 1.29 is 18.7 Å². The number of nitrogens with one attached hydrogen (secondary N) is 1. The molecule has 1 rings (SSSR count). The maximum atomic E-state index is 12.9. The average molecular weight is 302 g/mol. The van der Waals surface area contributed by atoms with Gasteiger partial charge in [0.2, 0.25) is 0 Å². The second-order valence-electron chi connectivity index (χ2n) is 5.41. The largest absolute Gasteiger partial charge is 0.449 e. The first kappa shape index (κ1) is 16.4. The molecule has 1 unspecified atom stereocenters. The van der Waals surface area contributed by atoms with Crippen molar-refractivity contribution in [1.29, 1.82) is 0 Å². The van der Waals surface area contributed by atoms with Crippen LogP contribution in [-0.4, -0.2) is 23.5 Å². The minimum absolute atomic E-state index is 0.0171. The zero-order valence-corrected chi connectivity index (χ0v) is 12.5. The highest BCUT2D eigenvalue weighted by Gasteiger charge is 2.23. The summed E-state index contributed by atoms with van der Waals surface area (Å²) in [5, 5.41) is 2.63. The lowest BCUT2D eigenvalue weighted by atomic mass is 10.1. The molecule has 0 aliphatic heterocycles. The van der Waals surface area contributed by atoms with E-state index < -0.39 is 29.3 Å². The fourth-order valence-electron chi connectivity index (χ4n) is 1.40. The van der Waals surface area contributed by atoms with E-state index in [2.05, 4.69) is 5.32 Å². The number of rotatable bonds is 3. The Morgan fingerprint density at radius 1 is 1.35 bits per heavy atom. The fourth-order valence-corrected chi connectivity index (χ4v) is 1.65. The number of ether oxygens (including phenoxy) is 1. The Kier molecular flexibility index (Phi) is 5.11. The molecule has 0 radical (unpaired) electrons. The molecule has 0 saturated carbocycles. The average Bonchev–Trinajstić information content (AvgIpc) is 2.26. The Balaban J connectivity index is 2.73. The van der Waals surface area contributed by atoms with Gasteiger partial charge >= 0.3 is 5.97 Å². The summed E-state index contributed by atoms with van der Waals surface area (Å²) in [5.74, 6) is -1.74. The Morgan fingerprint density at radius 2 is 1.95 bits per heavy atom. The molecule has 20 heavy (non-hydrogen) atoms. The highest BCUT2D eigenvalue weighted by atomic mass is 35.5. The van der Waals surface area contributed by atoms with Gasteiger partial charge in [-0.15, -0.1) is 0 Å². The first-order valence-electron chi connectivity index (χ1n) is 6.08. The van der Waals surface area contributed by atoms with E-state index >= 15 is 0 Å². The van der Waals surface area contributed by atoms with E-state index in [9.17, 15) is 14.0 Å². The van der Waals surface area contributed by atoms with Gasteiger partial charge in [0.25, 0.3) is 5.91 Å². The molecule has 0 aromatic heterocycles. The van der Waals surface area contributed by atoms with Gasteiger partial charge in [0.05, 0.1) is 10.6 Å². The smallest absolute Gasteiger partial charge is 0.340 e. The summed E-state index contributed by atoms with van der Waals surface area (Å²) >= 11 is 5.75. The van der Waals surface area contributed by atoms with Crippen LogP contribution >= 0.6 is 11.6 Å². The lowest BCUT2D eigenvalue weighted by Crippen LogP contribution is -2.46. The van der Waals surface area contributed by atoms with Crippen LogP contribution in [-0.2, 0) is 9.53 Å². The van der Waals surface area contributed by atoms with Crippen LogP contribution in [0.25, 0.3) is 0 Å². The Morgan fingerprint density at radius 3 is 2.45 bits per heavy atom. The van der Waals surface area contributed by atoms with Crippen molar-refractivity contribution in [3.8, 4) is 0 Å². The van der Waals surface area contributed by atoms with Crippen molar-refractivity contribution in [3.05, 3.63) is 34.6 Å². The molecule has 1 aromatic rings. The van der Waals surface area contributed by atoms with Crippen LogP contribution in [0, 0.1) is 5.82 Å². The predicted molar refractivity (Wildman–Crippen MR) is 74.2 cm³/mol. The summed E-state index contributed by atoms with van der Waals surface area (Å²) in [6, 6.07) is 3.33. The molecule has 4 nitrogen and oxygen atoms in total. The van der Waals surface area contributed by atoms with Crippen molar-refractivity contribution in [3.63, 3.8) is 0 Å². The summed E-state index contributed by atoms with van der Waals surface area (Å²) in [7, 11) is 0. The Hall–Kier alpha value is -1.62. The fraction of sp³-hybridized carbons (Fsp3) is 0.429. The molecule has 0 bridgehead atoms. The molecular weight excluding hydrogens is 285 g/mol. The van der Waals surface area contributed by atoms with Crippen LogP contribution < -0.4 is 5.32 Å². The first-order valence-corrected chi connectivity index (χ1v) is 6.46. The molecule has 0 heterocycles. The number of carbonyl (C=O) groups is 2. The molecule has 0 fully saturated rings. The molecule has 0 aliphatic carbocycles. The van der Waals surface area contributed by atoms with Gasteiger partial charge < -0.3 is 10.1 Å². The van der Waals surface area contributed by atoms with Crippen LogP contribution in [0.2, 0.25) is 5.02 Å². The molecule has 0 saturated heterocycles. The van der Waals surface area contributed by atoms with Gasteiger partial charge in [0.1, 0.15) is 5.82 Å². The summed E-state index contributed by atoms with van der Waals surface area (Å²) in [6.07, 6.45) is -0.970. The summed E-state index contributed by atoms with van der Waals surface area (Å²) in [6.45, 7) is 6.90. The molecule has 110 valence electrons. The van der Waals surface area contributed by atoms with Crippen molar-refractivity contribution >= 4 is 23.5 Å². The zero-order valence-electron chi connectivity index (χ0n) is 11.8. The van der Waals surface area contributed by atoms with Crippen LogP contribution in [0.4, 0.5) is 4.39 Å². The topological polar surface area (TPSA) is 55.4 Å². The maximum Gasteiger partial charge on any atom is 0.340 e. The van der Waals surface area contributed by atoms with E-state index in [0.717, 1.165) is 12.1 Å². The third kappa shape index (κ3) is 4.81. The van der Waals surface area contributed by atoms with E-state index in [0.29, 0.717) is 0 Å². The van der Waals surface area contributed by atoms with Crippen LogP contribution in [0.15, 0.2) is 18.2 Å². The predicted octanol–water partition coefficient (Wildman–Crippen LogP) is 2.94. The molecule has 1 amide bonds. The lowest BCUT2D eigenvalue weighted by molar-refractivity contribution is -0.130. The van der Waals surface area contributed by atoms with Gasteiger partial charge in [-0.05, 0) is 45.9 Å². The third-order valence-corrected chi connectivity index (χ3v) is 2.61. The highest BCUT2D eigenvalue weighted by Crippen LogP contribution is 2.18. The second-order valence-corrected chi connectivity index (χ2v) is 5.82. The quantitative estimate of drug-likeness (QED) is 0.873. The molecular formula is C14H17ClFNO3. The molecule has 1 aromatic carbocycles. The number of hydrogen-bond donors (Lipinski definition) is 1. The van der Waals surface area contributed by atoms with Crippen LogP contribution in [0.3, 0.4) is 0 Å². The number of amides is 1. The molecule has 0 aliphatic rings. The summed E-state index contributed by atoms with van der Waals surface area (Å²) in [4.78, 5) is 23.6. The SMILES string of the molecule is CC(OC(=O)c1ccc(F)cc1Cl)C(=O)NC(C)(C)C. The zero-order chi connectivity index (χ0) is 15.5. The standard InChI is InChI=1S/C14H17ClFNO3/c1-8(12(18)17-14(2,3)4)20-13(19)10-6-5-9(16)7-11(10)15/h5-8H,1-4H3,(H,17,18). The van der Waals surface area contributed by atoms with E-state index in [4.69, 9.17) is 16.3 Å². The van der Waals surface area contributed by atoms with Gasteiger partial charge in [-0.2, -0.15) is 0 Å². The minimum Gasteiger partial charge on any atom is -0.449 e. The highest BCUT2D eigenvalue weighted by molar-refractivity contribution is 6.33. The van der Waals surface area contributed by atoms with Gasteiger partial charge in [0.15, 0.2) is 6.10 Å². The maximum absolute atomic E-state index is 12.9. The van der Waals surface area contributed by atoms with Crippen molar-refractivity contribution in [2.24, 2.45) is 0 Å². The van der Waals surface area contributed by atoms with Gasteiger partial charge in [-0.1, -0.05) is 11.6 Å². The van der Waals surface area contributed by atoms with E-state index in [-0.39, 0.29) is 10.6 Å². The number of halogens is 2. The number of carbonyl (C=O) groups excluding carboxylic acids is 2. The van der Waals surface area contributed by atoms with Gasteiger partial charge in [-0.3, -0.25) is 4.79 Å². The summed E-state index contributed by atoms with van der Waals surface area (Å²) in [5.41, 5.74) is -0.408. The molecule has 1 N–H and O–H groups in total. The van der Waals surface area contributed by atoms with Crippen LogP contribution in [0.1, 0.15) is 38.1 Å². The molecule has 6 heteroatoms. The minimum atomic E-state index is -0.970. The Labute approximate surface area is 122 Å².